The van der Waals surface area contributed by atoms with E-state index < -0.39 is 6.10 Å². The molecule has 0 saturated carbocycles. The minimum absolute atomic E-state index is 0.0844. The second kappa shape index (κ2) is 70.6. The van der Waals surface area contributed by atoms with Crippen molar-refractivity contribution in [1.82, 2.24) is 0 Å². The summed E-state index contributed by atoms with van der Waals surface area (Å²) in [6.07, 6.45) is 96.8. The van der Waals surface area contributed by atoms with E-state index >= 15 is 0 Å². The van der Waals surface area contributed by atoms with Crippen molar-refractivity contribution < 1.29 is 28.6 Å². The van der Waals surface area contributed by atoms with E-state index in [1.807, 2.05) is 0 Å². The Balaban J connectivity index is 4.39. The fraction of sp³-hybridized carbons (Fsp3) is 0.727. The van der Waals surface area contributed by atoms with Crippen molar-refractivity contribution >= 4 is 17.9 Å². The average Bonchev–Trinajstić information content (AvgIpc) is 3.49. The normalized spacial score (nSPS) is 12.8. The van der Waals surface area contributed by atoms with Crippen molar-refractivity contribution in [3.8, 4) is 0 Å². The number of carbonyl (C=O) groups is 3. The summed E-state index contributed by atoms with van der Waals surface area (Å²) in [5.74, 6) is -0.897. The summed E-state index contributed by atoms with van der Waals surface area (Å²) in [4.78, 5) is 38.5. The van der Waals surface area contributed by atoms with E-state index in [1.165, 1.54) is 180 Å². The molecule has 0 amide bonds. The number of unbranched alkanes of at least 4 members (excludes halogenated alkanes) is 35. The largest absolute Gasteiger partial charge is 0.462 e. The van der Waals surface area contributed by atoms with Gasteiger partial charge in [-0.15, -0.1) is 0 Å². The quantitative estimate of drug-likeness (QED) is 0.0261. The highest BCUT2D eigenvalue weighted by Gasteiger charge is 2.19. The molecule has 0 aliphatic rings. The number of rotatable bonds is 64. The molecule has 0 heterocycles. The second-order valence-corrected chi connectivity index (χ2v) is 23.4. The fourth-order valence-corrected chi connectivity index (χ4v) is 9.99. The number of hydrogen-bond donors (Lipinski definition) is 0. The molecular formula is C77H132O6. The van der Waals surface area contributed by atoms with Crippen LogP contribution in [0.4, 0.5) is 0 Å². The summed E-state index contributed by atoms with van der Waals surface area (Å²) in [6.45, 7) is 6.55. The molecule has 0 aromatic carbocycles. The molecule has 0 aliphatic heterocycles. The van der Waals surface area contributed by atoms with Crippen molar-refractivity contribution in [2.24, 2.45) is 0 Å². The molecule has 0 aliphatic carbocycles. The topological polar surface area (TPSA) is 78.9 Å². The van der Waals surface area contributed by atoms with Gasteiger partial charge in [0.15, 0.2) is 6.10 Å². The molecule has 6 nitrogen and oxygen atoms in total. The molecule has 83 heavy (non-hydrogen) atoms. The van der Waals surface area contributed by atoms with Crippen molar-refractivity contribution in [2.75, 3.05) is 13.2 Å². The first-order valence-corrected chi connectivity index (χ1v) is 35.4. The Kier molecular flexibility index (Phi) is 67.2. The third kappa shape index (κ3) is 68.7. The zero-order valence-electron chi connectivity index (χ0n) is 54.7. The van der Waals surface area contributed by atoms with Crippen LogP contribution in [0.3, 0.4) is 0 Å². The molecule has 476 valence electrons. The van der Waals surface area contributed by atoms with Gasteiger partial charge < -0.3 is 14.2 Å². The molecule has 0 aromatic heterocycles. The van der Waals surface area contributed by atoms with E-state index in [9.17, 15) is 14.4 Å². The molecule has 0 aromatic rings. The lowest BCUT2D eigenvalue weighted by molar-refractivity contribution is -0.167. The Morgan fingerprint density at radius 3 is 0.747 bits per heavy atom. The van der Waals surface area contributed by atoms with Crippen LogP contribution in [-0.4, -0.2) is 37.2 Å². The van der Waals surface area contributed by atoms with E-state index in [0.717, 1.165) is 122 Å². The standard InChI is InChI=1S/C77H132O6/c1-4-7-10-13-16-19-22-25-28-30-32-34-35-36-37-38-39-40-41-43-44-46-49-52-55-58-61-64-67-70-76(79)82-73-74(72-81-75(78)69-66-63-60-57-54-51-48-27-24-21-18-15-12-9-6-3)83-77(80)71-68-65-62-59-56-53-50-47-45-42-33-31-29-26-23-20-17-14-11-8-5-2/h7,10,16,19,25,28,31-34,36-37,39-40,43-44,49,52,74H,4-6,8-9,11-15,17-18,20-24,26-27,29-30,35,38,41-42,45-48,50-51,53-73H2,1-3H3/b10-7-,19-16-,28-25-,33-31-,34-32-,37-36-,40-39-,44-43-,52-49-. The Morgan fingerprint density at radius 2 is 0.470 bits per heavy atom. The number of ether oxygens (including phenoxy) is 3. The van der Waals surface area contributed by atoms with Crippen LogP contribution in [0.25, 0.3) is 0 Å². The van der Waals surface area contributed by atoms with Crippen LogP contribution in [0.5, 0.6) is 0 Å². The van der Waals surface area contributed by atoms with Crippen LogP contribution in [0.1, 0.15) is 342 Å². The van der Waals surface area contributed by atoms with Crippen molar-refractivity contribution in [2.45, 2.75) is 348 Å². The van der Waals surface area contributed by atoms with Gasteiger partial charge in [0.25, 0.3) is 0 Å². The number of esters is 3. The third-order valence-electron chi connectivity index (χ3n) is 15.3. The molecule has 0 spiro atoms. The zero-order chi connectivity index (χ0) is 59.9. The maximum Gasteiger partial charge on any atom is 0.306 e. The highest BCUT2D eigenvalue weighted by atomic mass is 16.6. The van der Waals surface area contributed by atoms with E-state index in [1.54, 1.807) is 0 Å². The molecular weight excluding hydrogens is 1020 g/mol. The van der Waals surface area contributed by atoms with E-state index in [4.69, 9.17) is 14.2 Å². The first-order chi connectivity index (χ1) is 41.0. The Bertz CT molecular complexity index is 1660. The minimum Gasteiger partial charge on any atom is -0.462 e. The Labute approximate surface area is 514 Å². The van der Waals surface area contributed by atoms with Gasteiger partial charge in [0.05, 0.1) is 0 Å². The van der Waals surface area contributed by atoms with Gasteiger partial charge in [-0.3, -0.25) is 14.4 Å². The van der Waals surface area contributed by atoms with Crippen LogP contribution < -0.4 is 0 Å². The highest BCUT2D eigenvalue weighted by Crippen LogP contribution is 2.17. The maximum atomic E-state index is 13.0. The van der Waals surface area contributed by atoms with Gasteiger partial charge in [0, 0.05) is 19.3 Å². The number of carbonyl (C=O) groups excluding carboxylic acids is 3. The van der Waals surface area contributed by atoms with Crippen LogP contribution in [0, 0.1) is 0 Å². The molecule has 1 atom stereocenters. The lowest BCUT2D eigenvalue weighted by atomic mass is 10.0. The molecule has 0 bridgehead atoms. The van der Waals surface area contributed by atoms with Gasteiger partial charge in [0.2, 0.25) is 0 Å². The van der Waals surface area contributed by atoms with Gasteiger partial charge in [-0.25, -0.2) is 0 Å². The molecule has 1 unspecified atom stereocenters. The maximum absolute atomic E-state index is 13.0. The third-order valence-corrected chi connectivity index (χ3v) is 15.3. The smallest absolute Gasteiger partial charge is 0.306 e. The number of allylic oxidation sites excluding steroid dienone is 18. The zero-order valence-corrected chi connectivity index (χ0v) is 54.7. The summed E-state index contributed by atoms with van der Waals surface area (Å²) in [5.41, 5.74) is 0. The van der Waals surface area contributed by atoms with Crippen LogP contribution in [0.2, 0.25) is 0 Å². The summed E-state index contributed by atoms with van der Waals surface area (Å²) in [6, 6.07) is 0. The summed E-state index contributed by atoms with van der Waals surface area (Å²) in [5, 5.41) is 0. The predicted octanol–water partition coefficient (Wildman–Crippen LogP) is 24.6. The SMILES string of the molecule is CC/C=C\C/C=C\C/C=C\C/C=C\C/C=C\C/C=C\C/C=C\C/C=C\CCCCCCC(=O)OCC(COC(=O)CCCCCCCCCCCCCCCCC)OC(=O)CCCCCCCCCCC/C=C\CCCCCCCCCC. The first-order valence-electron chi connectivity index (χ1n) is 35.4. The van der Waals surface area contributed by atoms with Gasteiger partial charge in [-0.05, 0) is 109 Å². The number of hydrogen-bond acceptors (Lipinski definition) is 6. The monoisotopic (exact) mass is 1150 g/mol. The van der Waals surface area contributed by atoms with Crippen LogP contribution in [0.15, 0.2) is 109 Å². The summed E-state index contributed by atoms with van der Waals surface area (Å²) in [7, 11) is 0. The molecule has 0 rings (SSSR count). The molecule has 0 N–H and O–H groups in total. The Morgan fingerprint density at radius 1 is 0.253 bits per heavy atom. The van der Waals surface area contributed by atoms with Gasteiger partial charge >= 0.3 is 17.9 Å². The molecule has 0 fully saturated rings. The second-order valence-electron chi connectivity index (χ2n) is 23.4. The lowest BCUT2D eigenvalue weighted by Crippen LogP contribution is -2.30. The van der Waals surface area contributed by atoms with E-state index in [0.29, 0.717) is 19.3 Å². The van der Waals surface area contributed by atoms with Crippen molar-refractivity contribution in [1.29, 1.82) is 0 Å². The fourth-order valence-electron chi connectivity index (χ4n) is 9.99. The molecule has 0 radical (unpaired) electrons. The van der Waals surface area contributed by atoms with E-state index in [2.05, 4.69) is 130 Å². The summed E-state index contributed by atoms with van der Waals surface area (Å²) >= 11 is 0. The van der Waals surface area contributed by atoms with Gasteiger partial charge in [0.1, 0.15) is 13.2 Å². The van der Waals surface area contributed by atoms with E-state index in [-0.39, 0.29) is 31.1 Å². The van der Waals surface area contributed by atoms with Crippen molar-refractivity contribution in [3.05, 3.63) is 109 Å². The lowest BCUT2D eigenvalue weighted by Gasteiger charge is -2.18. The molecule has 6 heteroatoms. The van der Waals surface area contributed by atoms with Crippen molar-refractivity contribution in [3.63, 3.8) is 0 Å². The summed E-state index contributed by atoms with van der Waals surface area (Å²) < 4.78 is 17.0. The molecule has 0 saturated heterocycles. The highest BCUT2D eigenvalue weighted by molar-refractivity contribution is 5.71. The average molecular weight is 1150 g/mol. The van der Waals surface area contributed by atoms with Crippen LogP contribution in [-0.2, 0) is 28.6 Å². The first kappa shape index (κ1) is 79.1. The minimum atomic E-state index is -0.792. The van der Waals surface area contributed by atoms with Gasteiger partial charge in [-0.2, -0.15) is 0 Å². The predicted molar refractivity (Wildman–Crippen MR) is 362 cm³/mol. The van der Waals surface area contributed by atoms with Gasteiger partial charge in [-0.1, -0.05) is 323 Å². The van der Waals surface area contributed by atoms with Crippen LogP contribution >= 0.6 is 0 Å². The Hall–Kier alpha value is -3.93.